The number of nitrogens with one attached hydrogen (secondary N) is 2. The van der Waals surface area contributed by atoms with Crippen molar-refractivity contribution in [1.29, 1.82) is 0 Å². The molecule has 2 N–H and O–H groups in total. The SMILES string of the molecule is COc1ccc(C(=O)Nc2ccc(Br)cc2C(=O)NN=Cc2cccc(C)c2)cc1OC. The van der Waals surface area contributed by atoms with E-state index in [1.807, 2.05) is 31.2 Å². The van der Waals surface area contributed by atoms with Gasteiger partial charge in [0, 0.05) is 10.0 Å². The summed E-state index contributed by atoms with van der Waals surface area (Å²) in [5.41, 5.74) is 5.41. The Bertz CT molecular complexity index is 1180. The molecular formula is C24H22BrN3O4. The highest BCUT2D eigenvalue weighted by atomic mass is 79.9. The van der Waals surface area contributed by atoms with Crippen LogP contribution in [-0.4, -0.2) is 32.2 Å². The molecule has 0 bridgehead atoms. The van der Waals surface area contributed by atoms with Crippen molar-refractivity contribution in [2.75, 3.05) is 19.5 Å². The summed E-state index contributed by atoms with van der Waals surface area (Å²) >= 11 is 3.36. The van der Waals surface area contributed by atoms with Crippen molar-refractivity contribution in [1.82, 2.24) is 5.43 Å². The summed E-state index contributed by atoms with van der Waals surface area (Å²) in [6.07, 6.45) is 1.56. The van der Waals surface area contributed by atoms with E-state index in [2.05, 4.69) is 31.8 Å². The molecule has 2 amide bonds. The van der Waals surface area contributed by atoms with E-state index in [9.17, 15) is 9.59 Å². The van der Waals surface area contributed by atoms with Crippen LogP contribution in [0.5, 0.6) is 11.5 Å². The monoisotopic (exact) mass is 495 g/mol. The van der Waals surface area contributed by atoms with Crippen LogP contribution in [0.3, 0.4) is 0 Å². The molecule has 0 aliphatic carbocycles. The summed E-state index contributed by atoms with van der Waals surface area (Å²) in [6.45, 7) is 1.98. The van der Waals surface area contributed by atoms with E-state index in [0.717, 1.165) is 11.1 Å². The predicted octanol–water partition coefficient (Wildman–Crippen LogP) is 4.79. The topological polar surface area (TPSA) is 89.0 Å². The maximum Gasteiger partial charge on any atom is 0.273 e. The first-order valence-electron chi connectivity index (χ1n) is 9.64. The molecule has 0 radical (unpaired) electrons. The number of amides is 2. The van der Waals surface area contributed by atoms with Gasteiger partial charge in [-0.3, -0.25) is 9.59 Å². The number of anilines is 1. The quantitative estimate of drug-likeness (QED) is 0.364. The van der Waals surface area contributed by atoms with Crippen LogP contribution in [0.1, 0.15) is 31.8 Å². The van der Waals surface area contributed by atoms with Crippen molar-refractivity contribution in [2.24, 2.45) is 5.10 Å². The van der Waals surface area contributed by atoms with Crippen molar-refractivity contribution in [3.8, 4) is 11.5 Å². The summed E-state index contributed by atoms with van der Waals surface area (Å²) in [7, 11) is 3.01. The number of ether oxygens (including phenoxy) is 2. The summed E-state index contributed by atoms with van der Waals surface area (Å²) in [5, 5.41) is 6.80. The van der Waals surface area contributed by atoms with E-state index < -0.39 is 11.8 Å². The standard InChI is InChI=1S/C24H22BrN3O4/c1-15-5-4-6-16(11-15)14-26-28-24(30)19-13-18(25)8-9-20(19)27-23(29)17-7-10-21(31-2)22(12-17)32-3/h4-14H,1-3H3,(H,27,29)(H,28,30). The van der Waals surface area contributed by atoms with Crippen LogP contribution >= 0.6 is 15.9 Å². The number of hydrazone groups is 1. The van der Waals surface area contributed by atoms with Gasteiger partial charge in [-0.05, 0) is 48.9 Å². The van der Waals surface area contributed by atoms with E-state index in [1.54, 1.807) is 42.6 Å². The molecule has 0 heterocycles. The minimum absolute atomic E-state index is 0.259. The Morgan fingerprint density at radius 3 is 2.44 bits per heavy atom. The number of halogens is 1. The van der Waals surface area contributed by atoms with Gasteiger partial charge in [-0.25, -0.2) is 5.43 Å². The van der Waals surface area contributed by atoms with Crippen LogP contribution in [0.2, 0.25) is 0 Å². The Morgan fingerprint density at radius 1 is 0.938 bits per heavy atom. The van der Waals surface area contributed by atoms with Crippen LogP contribution in [0.15, 0.2) is 70.2 Å². The molecule has 0 spiro atoms. The van der Waals surface area contributed by atoms with Gasteiger partial charge in [-0.15, -0.1) is 0 Å². The van der Waals surface area contributed by atoms with Crippen molar-refractivity contribution >= 4 is 39.6 Å². The Balaban J connectivity index is 1.78. The Morgan fingerprint density at radius 2 is 1.72 bits per heavy atom. The van der Waals surface area contributed by atoms with E-state index in [4.69, 9.17) is 9.47 Å². The molecule has 0 fully saturated rings. The van der Waals surface area contributed by atoms with Crippen LogP contribution in [0, 0.1) is 6.92 Å². The van der Waals surface area contributed by atoms with Gasteiger partial charge in [0.1, 0.15) is 0 Å². The molecule has 3 rings (SSSR count). The lowest BCUT2D eigenvalue weighted by molar-refractivity contribution is 0.0956. The fraction of sp³-hybridized carbons (Fsp3) is 0.125. The lowest BCUT2D eigenvalue weighted by Crippen LogP contribution is -2.21. The van der Waals surface area contributed by atoms with Gasteiger partial charge in [-0.1, -0.05) is 45.8 Å². The number of rotatable bonds is 7. The minimum Gasteiger partial charge on any atom is -0.493 e. The van der Waals surface area contributed by atoms with Gasteiger partial charge in [0.25, 0.3) is 11.8 Å². The smallest absolute Gasteiger partial charge is 0.273 e. The second kappa shape index (κ2) is 10.6. The first kappa shape index (κ1) is 23.0. The summed E-state index contributed by atoms with van der Waals surface area (Å²) in [4.78, 5) is 25.5. The fourth-order valence-electron chi connectivity index (χ4n) is 2.96. The molecule has 8 heteroatoms. The summed E-state index contributed by atoms with van der Waals surface area (Å²) in [5.74, 6) is 0.0852. The van der Waals surface area contributed by atoms with Gasteiger partial charge in [0.15, 0.2) is 11.5 Å². The highest BCUT2D eigenvalue weighted by molar-refractivity contribution is 9.10. The van der Waals surface area contributed by atoms with Crippen molar-refractivity contribution < 1.29 is 19.1 Å². The van der Waals surface area contributed by atoms with Gasteiger partial charge in [0.05, 0.1) is 31.7 Å². The molecule has 7 nitrogen and oxygen atoms in total. The zero-order chi connectivity index (χ0) is 23.1. The fourth-order valence-corrected chi connectivity index (χ4v) is 3.32. The van der Waals surface area contributed by atoms with Gasteiger partial charge < -0.3 is 14.8 Å². The lowest BCUT2D eigenvalue weighted by Gasteiger charge is -2.12. The first-order chi connectivity index (χ1) is 15.4. The van der Waals surface area contributed by atoms with E-state index in [0.29, 0.717) is 27.2 Å². The number of carbonyl (C=O) groups is 2. The normalized spacial score (nSPS) is 10.6. The first-order valence-corrected chi connectivity index (χ1v) is 10.4. The molecule has 0 unspecified atom stereocenters. The Labute approximate surface area is 194 Å². The maximum atomic E-state index is 12.8. The number of methoxy groups -OCH3 is 2. The van der Waals surface area contributed by atoms with Gasteiger partial charge >= 0.3 is 0 Å². The molecule has 0 aromatic heterocycles. The zero-order valence-corrected chi connectivity index (χ0v) is 19.4. The summed E-state index contributed by atoms with van der Waals surface area (Å²) < 4.78 is 11.1. The van der Waals surface area contributed by atoms with E-state index in [-0.39, 0.29) is 5.56 Å². The number of benzene rings is 3. The highest BCUT2D eigenvalue weighted by Crippen LogP contribution is 2.28. The molecule has 3 aromatic rings. The third kappa shape index (κ3) is 5.73. The third-order valence-electron chi connectivity index (χ3n) is 4.54. The molecule has 0 aliphatic rings. The number of carbonyl (C=O) groups excluding carboxylic acids is 2. The third-order valence-corrected chi connectivity index (χ3v) is 5.04. The van der Waals surface area contributed by atoms with Crippen LogP contribution in [0.25, 0.3) is 0 Å². The Hall–Kier alpha value is -3.65. The maximum absolute atomic E-state index is 12.8. The molecule has 3 aromatic carbocycles. The number of hydrogen-bond donors (Lipinski definition) is 2. The molecule has 0 aliphatic heterocycles. The lowest BCUT2D eigenvalue weighted by atomic mass is 10.1. The van der Waals surface area contributed by atoms with Gasteiger partial charge in [-0.2, -0.15) is 5.10 Å². The van der Waals surface area contributed by atoms with Crippen LogP contribution in [0.4, 0.5) is 5.69 Å². The van der Waals surface area contributed by atoms with Crippen molar-refractivity contribution in [3.05, 3.63) is 87.4 Å². The second-order valence-electron chi connectivity index (χ2n) is 6.83. The molecule has 0 saturated carbocycles. The van der Waals surface area contributed by atoms with E-state index >= 15 is 0 Å². The number of aryl methyl sites for hydroxylation is 1. The van der Waals surface area contributed by atoms with Crippen molar-refractivity contribution in [3.63, 3.8) is 0 Å². The zero-order valence-electron chi connectivity index (χ0n) is 17.8. The van der Waals surface area contributed by atoms with E-state index in [1.165, 1.54) is 14.2 Å². The number of nitrogens with zero attached hydrogens (tertiary/aromatic N) is 1. The average molecular weight is 496 g/mol. The Kier molecular flexibility index (Phi) is 7.62. The molecule has 0 atom stereocenters. The molecule has 164 valence electrons. The number of hydrogen-bond acceptors (Lipinski definition) is 5. The highest BCUT2D eigenvalue weighted by Gasteiger charge is 2.16. The molecular weight excluding hydrogens is 474 g/mol. The second-order valence-corrected chi connectivity index (χ2v) is 7.74. The van der Waals surface area contributed by atoms with Crippen LogP contribution in [-0.2, 0) is 0 Å². The largest absolute Gasteiger partial charge is 0.493 e. The predicted molar refractivity (Wildman–Crippen MR) is 128 cm³/mol. The summed E-state index contributed by atoms with van der Waals surface area (Å²) in [6, 6.07) is 17.5. The minimum atomic E-state index is -0.460. The van der Waals surface area contributed by atoms with Crippen LogP contribution < -0.4 is 20.2 Å². The average Bonchev–Trinajstić information content (AvgIpc) is 2.79. The molecule has 32 heavy (non-hydrogen) atoms. The van der Waals surface area contributed by atoms with Crippen molar-refractivity contribution in [2.45, 2.75) is 6.92 Å². The molecule has 0 saturated heterocycles. The van der Waals surface area contributed by atoms with Gasteiger partial charge in [0.2, 0.25) is 0 Å².